The van der Waals surface area contributed by atoms with Crippen LogP contribution in [0.3, 0.4) is 0 Å². The molecule has 0 aliphatic heterocycles. The molecule has 1 aromatic heterocycles. The van der Waals surface area contributed by atoms with Crippen LogP contribution in [0.4, 0.5) is 4.39 Å². The number of nitrogens with zero attached hydrogens (tertiary/aromatic N) is 1. The van der Waals surface area contributed by atoms with Crippen LogP contribution >= 0.6 is 12.6 Å². The molecule has 0 saturated carbocycles. The number of rotatable bonds is 2. The molecule has 1 heterocycles. The maximum atomic E-state index is 12.6. The minimum absolute atomic E-state index is 0.379. The lowest BCUT2D eigenvalue weighted by atomic mass is 10.6. The van der Waals surface area contributed by atoms with Crippen LogP contribution in [0.25, 0.3) is 0 Å². The minimum atomic E-state index is -1.12. The van der Waals surface area contributed by atoms with Gasteiger partial charge in [-0.15, -0.1) is 12.6 Å². The lowest BCUT2D eigenvalue weighted by Gasteiger charge is -1.99. The molecule has 7 heteroatoms. The molecular formula is C6H5FN2O3S. The predicted molar refractivity (Wildman–Crippen MR) is 45.3 cm³/mol. The van der Waals surface area contributed by atoms with Gasteiger partial charge in [-0.05, 0) is 0 Å². The van der Waals surface area contributed by atoms with Gasteiger partial charge in [0.25, 0.3) is 5.56 Å². The SMILES string of the molecule is O=C(S)Cn1cc(F)c(=O)[nH]c1=O. The highest BCUT2D eigenvalue weighted by Gasteiger charge is 2.04. The molecular weight excluding hydrogens is 199 g/mol. The molecule has 0 saturated heterocycles. The summed E-state index contributed by atoms with van der Waals surface area (Å²) in [5.41, 5.74) is -1.94. The number of nitrogens with one attached hydrogen (secondary N) is 1. The third-order valence-corrected chi connectivity index (χ3v) is 1.41. The Hall–Kier alpha value is -1.37. The van der Waals surface area contributed by atoms with E-state index in [1.165, 1.54) is 0 Å². The van der Waals surface area contributed by atoms with E-state index in [0.717, 1.165) is 4.57 Å². The highest BCUT2D eigenvalue weighted by molar-refractivity contribution is 7.96. The Morgan fingerprint density at radius 2 is 2.23 bits per heavy atom. The third-order valence-electron chi connectivity index (χ3n) is 1.27. The molecule has 5 nitrogen and oxygen atoms in total. The second kappa shape index (κ2) is 3.56. The van der Waals surface area contributed by atoms with Crippen LogP contribution < -0.4 is 11.2 Å². The average molecular weight is 204 g/mol. The molecule has 0 fully saturated rings. The molecule has 0 bridgehead atoms. The molecule has 0 aliphatic rings. The minimum Gasteiger partial charge on any atom is -0.289 e. The Balaban J connectivity index is 3.24. The van der Waals surface area contributed by atoms with Gasteiger partial charge in [0.05, 0.1) is 12.7 Å². The van der Waals surface area contributed by atoms with Crippen LogP contribution in [0, 0.1) is 5.82 Å². The molecule has 70 valence electrons. The molecule has 1 aromatic rings. The van der Waals surface area contributed by atoms with Gasteiger partial charge in [-0.1, -0.05) is 0 Å². The molecule has 0 spiro atoms. The van der Waals surface area contributed by atoms with Crippen molar-refractivity contribution in [1.29, 1.82) is 0 Å². The average Bonchev–Trinajstić information content (AvgIpc) is 1.99. The smallest absolute Gasteiger partial charge is 0.289 e. The molecule has 0 radical (unpaired) electrons. The molecule has 0 unspecified atom stereocenters. The van der Waals surface area contributed by atoms with Gasteiger partial charge >= 0.3 is 5.69 Å². The highest BCUT2D eigenvalue weighted by atomic mass is 32.1. The Kier molecular flexibility index (Phi) is 2.66. The van der Waals surface area contributed by atoms with Gasteiger partial charge in [-0.25, -0.2) is 4.79 Å². The summed E-state index contributed by atoms with van der Waals surface area (Å²) in [5.74, 6) is -1.12. The lowest BCUT2D eigenvalue weighted by Crippen LogP contribution is -2.32. The topological polar surface area (TPSA) is 71.9 Å². The van der Waals surface area contributed by atoms with Gasteiger partial charge in [-0.3, -0.25) is 19.1 Å². The van der Waals surface area contributed by atoms with Crippen LogP contribution in [0.1, 0.15) is 0 Å². The molecule has 0 atom stereocenters. The van der Waals surface area contributed by atoms with E-state index >= 15 is 0 Å². The van der Waals surface area contributed by atoms with E-state index in [1.54, 1.807) is 4.98 Å². The predicted octanol–water partition coefficient (Wildman–Crippen LogP) is -0.868. The number of hydrogen-bond acceptors (Lipinski definition) is 3. The van der Waals surface area contributed by atoms with E-state index in [-0.39, 0.29) is 6.54 Å². The second-order valence-corrected chi connectivity index (χ2v) is 2.76. The number of carbonyl (C=O) groups excluding carboxylic acids is 1. The molecule has 1 rings (SSSR count). The zero-order valence-electron chi connectivity index (χ0n) is 6.28. The van der Waals surface area contributed by atoms with Gasteiger partial charge in [0.2, 0.25) is 10.9 Å². The summed E-state index contributed by atoms with van der Waals surface area (Å²) in [6.45, 7) is -0.379. The summed E-state index contributed by atoms with van der Waals surface area (Å²) in [7, 11) is 0. The monoisotopic (exact) mass is 204 g/mol. The fourth-order valence-corrected chi connectivity index (χ4v) is 0.898. The van der Waals surface area contributed by atoms with Crippen molar-refractivity contribution < 1.29 is 9.18 Å². The Bertz CT molecular complexity index is 450. The fraction of sp³-hybridized carbons (Fsp3) is 0.167. The maximum absolute atomic E-state index is 12.6. The van der Waals surface area contributed by atoms with Crippen LogP contribution in [0.2, 0.25) is 0 Å². The lowest BCUT2D eigenvalue weighted by molar-refractivity contribution is -0.111. The summed E-state index contributed by atoms with van der Waals surface area (Å²) >= 11 is 3.40. The number of H-pyrrole nitrogens is 1. The molecule has 0 aromatic carbocycles. The van der Waals surface area contributed by atoms with E-state index in [2.05, 4.69) is 12.6 Å². The van der Waals surface area contributed by atoms with Crippen molar-refractivity contribution in [3.05, 3.63) is 32.9 Å². The van der Waals surface area contributed by atoms with Gasteiger partial charge in [-0.2, -0.15) is 4.39 Å². The van der Waals surface area contributed by atoms with E-state index in [9.17, 15) is 18.8 Å². The van der Waals surface area contributed by atoms with Gasteiger partial charge in [0, 0.05) is 0 Å². The van der Waals surface area contributed by atoms with E-state index in [1.807, 2.05) is 0 Å². The molecule has 13 heavy (non-hydrogen) atoms. The number of aromatic amines is 1. The van der Waals surface area contributed by atoms with Crippen molar-refractivity contribution in [1.82, 2.24) is 9.55 Å². The van der Waals surface area contributed by atoms with Crippen molar-refractivity contribution in [2.24, 2.45) is 0 Å². The van der Waals surface area contributed by atoms with Gasteiger partial charge in [0.1, 0.15) is 0 Å². The first-order valence-electron chi connectivity index (χ1n) is 3.22. The van der Waals surface area contributed by atoms with Crippen LogP contribution in [-0.4, -0.2) is 14.7 Å². The number of thiol groups is 1. The second-order valence-electron chi connectivity index (χ2n) is 2.26. The molecule has 0 amide bonds. The Labute approximate surface area is 76.6 Å². The summed E-state index contributed by atoms with van der Waals surface area (Å²) in [6.07, 6.45) is 0.662. The van der Waals surface area contributed by atoms with Gasteiger partial charge in [0.15, 0.2) is 0 Å². The van der Waals surface area contributed by atoms with Crippen LogP contribution in [-0.2, 0) is 11.3 Å². The first-order valence-corrected chi connectivity index (χ1v) is 3.66. The maximum Gasteiger partial charge on any atom is 0.328 e. The van der Waals surface area contributed by atoms with E-state index < -0.39 is 22.2 Å². The number of halogens is 1. The zero-order chi connectivity index (χ0) is 10.0. The summed E-state index contributed by atoms with van der Waals surface area (Å²) < 4.78 is 13.3. The Morgan fingerprint density at radius 3 is 2.77 bits per heavy atom. The summed E-state index contributed by atoms with van der Waals surface area (Å²) in [4.78, 5) is 33.6. The summed E-state index contributed by atoms with van der Waals surface area (Å²) in [5, 5.41) is -0.603. The quantitative estimate of drug-likeness (QED) is 0.615. The standard InChI is InChI=1S/C6H5FN2O3S/c7-3-1-9(2-4(10)13)6(12)8-5(3)11/h1H,2H2,(H,10,13)(H,8,11,12). The zero-order valence-corrected chi connectivity index (χ0v) is 7.18. The van der Waals surface area contributed by atoms with Crippen LogP contribution in [0.5, 0.6) is 0 Å². The van der Waals surface area contributed by atoms with Crippen molar-refractivity contribution in [2.75, 3.05) is 0 Å². The van der Waals surface area contributed by atoms with Crippen molar-refractivity contribution in [3.8, 4) is 0 Å². The van der Waals surface area contributed by atoms with E-state index in [0.29, 0.717) is 6.20 Å². The first-order chi connectivity index (χ1) is 6.00. The van der Waals surface area contributed by atoms with E-state index in [4.69, 9.17) is 0 Å². The number of aromatic nitrogens is 2. The fourth-order valence-electron chi connectivity index (χ4n) is 0.746. The van der Waals surface area contributed by atoms with Gasteiger partial charge < -0.3 is 0 Å². The summed E-state index contributed by atoms with van der Waals surface area (Å²) in [6, 6.07) is 0. The normalized spacial score (nSPS) is 10.0. The highest BCUT2D eigenvalue weighted by Crippen LogP contribution is 1.87. The molecule has 1 N–H and O–H groups in total. The first kappa shape index (κ1) is 9.72. The molecule has 0 aliphatic carbocycles. The Morgan fingerprint density at radius 1 is 1.62 bits per heavy atom. The largest absolute Gasteiger partial charge is 0.328 e. The van der Waals surface area contributed by atoms with Crippen molar-refractivity contribution in [3.63, 3.8) is 0 Å². The van der Waals surface area contributed by atoms with Crippen molar-refractivity contribution in [2.45, 2.75) is 6.54 Å². The third kappa shape index (κ3) is 2.28. The van der Waals surface area contributed by atoms with Crippen molar-refractivity contribution >= 4 is 17.7 Å². The number of hydrogen-bond donors (Lipinski definition) is 2. The number of carbonyl (C=O) groups is 1. The van der Waals surface area contributed by atoms with Crippen LogP contribution in [0.15, 0.2) is 15.8 Å².